The van der Waals surface area contributed by atoms with Gasteiger partial charge in [0.1, 0.15) is 5.58 Å². The van der Waals surface area contributed by atoms with Crippen LogP contribution in [0.25, 0.3) is 99.5 Å². The van der Waals surface area contributed by atoms with Gasteiger partial charge in [0.05, 0.1) is 21.9 Å². The molecule has 11 aromatic rings. The van der Waals surface area contributed by atoms with E-state index in [1.165, 1.54) is 60.7 Å². The third-order valence-electron chi connectivity index (χ3n) is 10.7. The second-order valence-corrected chi connectivity index (χ2v) is 13.8. The van der Waals surface area contributed by atoms with E-state index in [1.807, 2.05) is 6.07 Å². The Morgan fingerprint density at radius 1 is 0.302 bits per heavy atom. The van der Waals surface area contributed by atoms with Crippen molar-refractivity contribution in [3.8, 4) is 44.8 Å². The number of fused-ring (bicyclic) bond motifs is 8. The molecule has 0 radical (unpaired) electrons. The molecule has 0 spiro atoms. The van der Waals surface area contributed by atoms with Crippen LogP contribution in [0.3, 0.4) is 0 Å². The molecule has 0 N–H and O–H groups in total. The predicted molar refractivity (Wildman–Crippen MR) is 221 cm³/mol. The Morgan fingerprint density at radius 2 is 0.774 bits per heavy atom. The maximum Gasteiger partial charge on any atom is 0.213 e. The van der Waals surface area contributed by atoms with Crippen molar-refractivity contribution in [2.24, 2.45) is 0 Å². The van der Waals surface area contributed by atoms with E-state index in [1.54, 1.807) is 0 Å². The van der Waals surface area contributed by atoms with Gasteiger partial charge in [0.15, 0.2) is 0 Å². The second-order valence-electron chi connectivity index (χ2n) is 13.8. The zero-order valence-corrected chi connectivity index (χ0v) is 28.8. The fourth-order valence-corrected chi connectivity index (χ4v) is 8.27. The molecule has 0 aliphatic rings. The van der Waals surface area contributed by atoms with Gasteiger partial charge in [0.25, 0.3) is 0 Å². The van der Waals surface area contributed by atoms with E-state index in [4.69, 9.17) is 4.42 Å². The Morgan fingerprint density at radius 3 is 1.42 bits per heavy atom. The van der Waals surface area contributed by atoms with E-state index in [0.717, 1.165) is 38.8 Å². The Kier molecular flexibility index (Phi) is 6.55. The molecule has 0 aliphatic carbocycles. The molecule has 0 saturated heterocycles. The minimum atomic E-state index is 0.873. The molecule has 3 aromatic heterocycles. The van der Waals surface area contributed by atoms with Crippen LogP contribution >= 0.6 is 0 Å². The van der Waals surface area contributed by atoms with Crippen LogP contribution in [0.4, 0.5) is 0 Å². The molecule has 3 nitrogen and oxygen atoms in total. The zero-order valence-electron chi connectivity index (χ0n) is 28.8. The summed E-state index contributed by atoms with van der Waals surface area (Å²) in [5, 5.41) is 5.97. The third-order valence-corrected chi connectivity index (χ3v) is 10.7. The van der Waals surface area contributed by atoms with Crippen LogP contribution in [0.1, 0.15) is 0 Å². The summed E-state index contributed by atoms with van der Waals surface area (Å²) in [6.45, 7) is 0. The first-order valence-electron chi connectivity index (χ1n) is 18.1. The lowest BCUT2D eigenvalue weighted by Gasteiger charge is -2.10. The van der Waals surface area contributed by atoms with Crippen molar-refractivity contribution in [2.75, 3.05) is 0 Å². The number of aromatic nitrogens is 2. The van der Waals surface area contributed by atoms with Crippen molar-refractivity contribution in [2.45, 2.75) is 0 Å². The molecule has 0 atom stereocenters. The van der Waals surface area contributed by atoms with E-state index in [2.05, 4.69) is 197 Å². The Labute approximate surface area is 306 Å². The van der Waals surface area contributed by atoms with Crippen LogP contribution < -0.4 is 0 Å². The lowest BCUT2D eigenvalue weighted by molar-refractivity contribution is 0.645. The molecule has 8 aromatic carbocycles. The smallest absolute Gasteiger partial charge is 0.213 e. The molecular formula is C50H32N2O. The highest BCUT2D eigenvalue weighted by Gasteiger charge is 2.20. The standard InChI is InChI=1S/C50H32N2O/c1-3-17-39(18-4-1)51-45-23-9-7-21-41(45)43-31-37(25-27-47(43)51)35-15-11-13-33(29-35)34-14-12-16-36(30-34)38-26-28-48-44(32-38)49-42-22-8-10-24-46(42)52(50(49)53-48)40-19-5-2-6-20-40/h1-32H. The minimum absolute atomic E-state index is 0.873. The SMILES string of the molecule is c1ccc(-n2c3ccccc3c3cc(-c4cccc(-c5cccc(-c6ccc7oc8c(c7c6)c6ccccc6n8-c6ccccc6)c5)c4)ccc32)cc1. The van der Waals surface area contributed by atoms with Crippen molar-refractivity contribution in [3.05, 3.63) is 194 Å². The summed E-state index contributed by atoms with van der Waals surface area (Å²) in [7, 11) is 0. The monoisotopic (exact) mass is 676 g/mol. The van der Waals surface area contributed by atoms with E-state index in [-0.39, 0.29) is 0 Å². The molecule has 11 rings (SSSR count). The Bertz CT molecular complexity index is 3160. The summed E-state index contributed by atoms with van der Waals surface area (Å²) in [4.78, 5) is 0. The molecule has 0 aliphatic heterocycles. The first-order chi connectivity index (χ1) is 26.3. The predicted octanol–water partition coefficient (Wildman–Crippen LogP) is 13.6. The average molecular weight is 677 g/mol. The van der Waals surface area contributed by atoms with Gasteiger partial charge < -0.3 is 8.98 Å². The lowest BCUT2D eigenvalue weighted by atomic mass is 9.95. The fraction of sp³-hybridized carbons (Fsp3) is 0. The van der Waals surface area contributed by atoms with Crippen LogP contribution in [-0.2, 0) is 0 Å². The largest absolute Gasteiger partial charge is 0.439 e. The number of hydrogen-bond acceptors (Lipinski definition) is 1. The van der Waals surface area contributed by atoms with E-state index >= 15 is 0 Å². The fourth-order valence-electron chi connectivity index (χ4n) is 8.27. The van der Waals surface area contributed by atoms with Crippen molar-refractivity contribution in [1.82, 2.24) is 9.13 Å². The van der Waals surface area contributed by atoms with Crippen LogP contribution in [-0.4, -0.2) is 9.13 Å². The quantitative estimate of drug-likeness (QED) is 0.178. The number of furan rings is 1. The molecule has 0 unspecified atom stereocenters. The highest BCUT2D eigenvalue weighted by Crippen LogP contribution is 2.41. The van der Waals surface area contributed by atoms with E-state index in [0.29, 0.717) is 0 Å². The van der Waals surface area contributed by atoms with Gasteiger partial charge in [-0.1, -0.05) is 121 Å². The van der Waals surface area contributed by atoms with E-state index in [9.17, 15) is 0 Å². The lowest BCUT2D eigenvalue weighted by Crippen LogP contribution is -1.92. The first kappa shape index (κ1) is 29.6. The number of para-hydroxylation sites is 4. The van der Waals surface area contributed by atoms with Crippen LogP contribution in [0.5, 0.6) is 0 Å². The minimum Gasteiger partial charge on any atom is -0.439 e. The summed E-state index contributed by atoms with van der Waals surface area (Å²) in [6.07, 6.45) is 0. The van der Waals surface area contributed by atoms with Gasteiger partial charge in [-0.15, -0.1) is 0 Å². The molecule has 0 bridgehead atoms. The van der Waals surface area contributed by atoms with Crippen LogP contribution in [0, 0.1) is 0 Å². The molecule has 0 saturated carbocycles. The summed E-state index contributed by atoms with van der Waals surface area (Å²) < 4.78 is 11.2. The zero-order chi connectivity index (χ0) is 34.9. The molecular weight excluding hydrogens is 645 g/mol. The van der Waals surface area contributed by atoms with Gasteiger partial charge in [-0.25, -0.2) is 0 Å². The average Bonchev–Trinajstić information content (AvgIpc) is 3.88. The summed E-state index contributed by atoms with van der Waals surface area (Å²) in [6, 6.07) is 69.6. The van der Waals surface area contributed by atoms with Gasteiger partial charge >= 0.3 is 0 Å². The van der Waals surface area contributed by atoms with Gasteiger partial charge in [-0.05, 0) is 106 Å². The third kappa shape index (κ3) is 4.68. The maximum atomic E-state index is 6.60. The molecule has 248 valence electrons. The van der Waals surface area contributed by atoms with Crippen molar-refractivity contribution < 1.29 is 4.42 Å². The molecule has 0 fully saturated rings. The van der Waals surface area contributed by atoms with Gasteiger partial charge in [-0.2, -0.15) is 0 Å². The highest BCUT2D eigenvalue weighted by molar-refractivity contribution is 6.20. The first-order valence-corrected chi connectivity index (χ1v) is 18.1. The number of hydrogen-bond donors (Lipinski definition) is 0. The second kappa shape index (κ2) is 11.7. The van der Waals surface area contributed by atoms with Gasteiger partial charge in [0.2, 0.25) is 5.71 Å². The van der Waals surface area contributed by atoms with Gasteiger partial charge in [0, 0.05) is 32.9 Å². The maximum absolute atomic E-state index is 6.60. The van der Waals surface area contributed by atoms with E-state index < -0.39 is 0 Å². The van der Waals surface area contributed by atoms with Crippen molar-refractivity contribution in [1.29, 1.82) is 0 Å². The van der Waals surface area contributed by atoms with Crippen LogP contribution in [0.15, 0.2) is 199 Å². The topological polar surface area (TPSA) is 23.0 Å². The number of benzene rings is 8. The van der Waals surface area contributed by atoms with Crippen LogP contribution in [0.2, 0.25) is 0 Å². The highest BCUT2D eigenvalue weighted by atomic mass is 16.3. The Balaban J connectivity index is 0.995. The summed E-state index contributed by atoms with van der Waals surface area (Å²) in [5.74, 6) is 0. The number of nitrogens with zero attached hydrogens (tertiary/aromatic N) is 2. The summed E-state index contributed by atoms with van der Waals surface area (Å²) >= 11 is 0. The van der Waals surface area contributed by atoms with Crippen molar-refractivity contribution in [3.63, 3.8) is 0 Å². The Hall–Kier alpha value is -7.10. The molecule has 3 heteroatoms. The van der Waals surface area contributed by atoms with Gasteiger partial charge in [-0.3, -0.25) is 4.57 Å². The molecule has 3 heterocycles. The molecule has 0 amide bonds. The van der Waals surface area contributed by atoms with Crippen molar-refractivity contribution >= 4 is 54.8 Å². The molecule has 53 heavy (non-hydrogen) atoms. The summed E-state index contributed by atoms with van der Waals surface area (Å²) in [5.41, 5.74) is 14.7. The number of rotatable bonds is 5. The normalized spacial score (nSPS) is 11.8.